The molecule has 10 nitrogen and oxygen atoms in total. The molecular weight excluding hydrogens is 272 g/mol. The second-order valence-corrected chi connectivity index (χ2v) is 3.87. The van der Waals surface area contributed by atoms with Crippen LogP contribution in [0.4, 0.5) is 0 Å². The molecule has 20 heavy (non-hydrogen) atoms. The zero-order valence-electron chi connectivity index (χ0n) is 9.47. The van der Waals surface area contributed by atoms with Gasteiger partial charge >= 0.3 is 11.9 Å². The summed E-state index contributed by atoms with van der Waals surface area (Å²) >= 11 is 0. The van der Waals surface area contributed by atoms with Crippen LogP contribution in [-0.4, -0.2) is 41.4 Å². The van der Waals surface area contributed by atoms with E-state index in [2.05, 4.69) is 10.2 Å². The molecule has 0 aromatic carbocycles. The van der Waals surface area contributed by atoms with E-state index < -0.39 is 34.4 Å². The monoisotopic (exact) mass is 276 g/mol. The molecule has 0 bridgehead atoms. The maximum atomic E-state index is 12.0. The SMILES string of the molecule is O=C(O)c1cc2c(=O)n3nc(C(=O)O)cc3c(=O)n2n1. The summed E-state index contributed by atoms with van der Waals surface area (Å²) in [6.07, 6.45) is 0. The minimum atomic E-state index is -1.39. The summed E-state index contributed by atoms with van der Waals surface area (Å²) in [5.41, 5.74) is -3.17. The van der Waals surface area contributed by atoms with Gasteiger partial charge in [-0.3, -0.25) is 9.59 Å². The van der Waals surface area contributed by atoms with Crippen LogP contribution in [0.25, 0.3) is 11.0 Å². The molecule has 0 saturated heterocycles. The number of fused-ring (bicyclic) bond motifs is 2. The third-order valence-electron chi connectivity index (χ3n) is 2.68. The number of aromatic carboxylic acids is 2. The van der Waals surface area contributed by atoms with Gasteiger partial charge in [0.2, 0.25) is 0 Å². The standard InChI is InChI=1S/C10H4N4O6/c15-7-5-1-3(9(17)18)11-13(5)8(16)6-2-4(10(19)20)12-14(6)7/h1-2H,(H,17,18)(H,19,20). The summed E-state index contributed by atoms with van der Waals surface area (Å²) in [5.74, 6) is -2.78. The number of carboxylic acid groups (broad SMARTS) is 2. The lowest BCUT2D eigenvalue weighted by Crippen LogP contribution is -2.27. The Bertz CT molecular complexity index is 860. The highest BCUT2D eigenvalue weighted by Gasteiger charge is 2.19. The number of hydrogen-bond acceptors (Lipinski definition) is 6. The highest BCUT2D eigenvalue weighted by Crippen LogP contribution is 2.04. The molecule has 3 rings (SSSR count). The largest absolute Gasteiger partial charge is 0.476 e. The lowest BCUT2D eigenvalue weighted by molar-refractivity contribution is 0.0679. The number of carboxylic acids is 2. The van der Waals surface area contributed by atoms with Crippen LogP contribution in [0.3, 0.4) is 0 Å². The molecule has 0 radical (unpaired) electrons. The molecule has 0 fully saturated rings. The molecule has 100 valence electrons. The Labute approximate surface area is 107 Å². The molecule has 10 heteroatoms. The smallest absolute Gasteiger partial charge is 0.356 e. The van der Waals surface area contributed by atoms with Crippen LogP contribution in [0.2, 0.25) is 0 Å². The van der Waals surface area contributed by atoms with Gasteiger partial charge in [-0.05, 0) is 0 Å². The molecule has 0 spiro atoms. The maximum absolute atomic E-state index is 12.0. The van der Waals surface area contributed by atoms with Crippen molar-refractivity contribution in [3.8, 4) is 0 Å². The lowest BCUT2D eigenvalue weighted by Gasteiger charge is -1.92. The predicted octanol–water partition coefficient (Wildman–Crippen LogP) is -1.46. The van der Waals surface area contributed by atoms with Crippen LogP contribution >= 0.6 is 0 Å². The van der Waals surface area contributed by atoms with Crippen molar-refractivity contribution in [1.82, 2.24) is 19.2 Å². The maximum Gasteiger partial charge on any atom is 0.356 e. The first kappa shape index (κ1) is 11.8. The molecule has 0 atom stereocenters. The zero-order valence-corrected chi connectivity index (χ0v) is 9.47. The lowest BCUT2D eigenvalue weighted by atomic mass is 10.4. The van der Waals surface area contributed by atoms with Crippen molar-refractivity contribution in [3.05, 3.63) is 44.2 Å². The Morgan fingerprint density at radius 2 is 1.20 bits per heavy atom. The van der Waals surface area contributed by atoms with E-state index in [-0.39, 0.29) is 11.0 Å². The summed E-state index contributed by atoms with van der Waals surface area (Å²) in [4.78, 5) is 45.6. The zero-order chi connectivity index (χ0) is 14.6. The van der Waals surface area contributed by atoms with Gasteiger partial charge in [0.25, 0.3) is 11.1 Å². The minimum absolute atomic E-state index is 0.292. The van der Waals surface area contributed by atoms with Crippen molar-refractivity contribution >= 4 is 23.0 Å². The number of rotatable bonds is 2. The van der Waals surface area contributed by atoms with E-state index >= 15 is 0 Å². The van der Waals surface area contributed by atoms with Gasteiger partial charge in [0.05, 0.1) is 0 Å². The molecule has 0 amide bonds. The van der Waals surface area contributed by atoms with Gasteiger partial charge in [-0.15, -0.1) is 0 Å². The van der Waals surface area contributed by atoms with E-state index in [1.54, 1.807) is 0 Å². The molecule has 0 unspecified atom stereocenters. The highest BCUT2D eigenvalue weighted by atomic mass is 16.4. The molecule has 3 heterocycles. The number of aromatic nitrogens is 4. The van der Waals surface area contributed by atoms with Crippen LogP contribution in [0.5, 0.6) is 0 Å². The van der Waals surface area contributed by atoms with Crippen LogP contribution < -0.4 is 11.1 Å². The first-order valence-corrected chi connectivity index (χ1v) is 5.16. The van der Waals surface area contributed by atoms with E-state index in [4.69, 9.17) is 10.2 Å². The van der Waals surface area contributed by atoms with Crippen molar-refractivity contribution in [2.24, 2.45) is 0 Å². The number of carbonyl (C=O) groups is 2. The van der Waals surface area contributed by atoms with Crippen LogP contribution in [0, 0.1) is 0 Å². The van der Waals surface area contributed by atoms with Crippen molar-refractivity contribution < 1.29 is 19.8 Å². The Hall–Kier alpha value is -3.30. The Balaban J connectivity index is 2.52. The van der Waals surface area contributed by atoms with E-state index in [0.717, 1.165) is 12.1 Å². The second kappa shape index (κ2) is 3.60. The van der Waals surface area contributed by atoms with Crippen molar-refractivity contribution in [2.45, 2.75) is 0 Å². The molecule has 0 aliphatic carbocycles. The summed E-state index contributed by atoms with van der Waals surface area (Å²) in [6, 6.07) is 1.85. The molecule has 3 aromatic heterocycles. The fraction of sp³-hybridized carbons (Fsp3) is 0. The van der Waals surface area contributed by atoms with E-state index in [1.165, 1.54) is 0 Å². The second-order valence-electron chi connectivity index (χ2n) is 3.87. The van der Waals surface area contributed by atoms with Gasteiger partial charge in [0.15, 0.2) is 11.4 Å². The van der Waals surface area contributed by atoms with Crippen LogP contribution in [0.1, 0.15) is 21.0 Å². The fourth-order valence-corrected chi connectivity index (χ4v) is 1.80. The third-order valence-corrected chi connectivity index (χ3v) is 2.68. The molecule has 0 saturated carbocycles. The van der Waals surface area contributed by atoms with Gasteiger partial charge in [-0.2, -0.15) is 19.2 Å². The quantitative estimate of drug-likeness (QED) is 0.577. The Morgan fingerprint density at radius 1 is 0.850 bits per heavy atom. The van der Waals surface area contributed by atoms with Crippen LogP contribution in [-0.2, 0) is 0 Å². The van der Waals surface area contributed by atoms with Gasteiger partial charge in [0, 0.05) is 12.1 Å². The predicted molar refractivity (Wildman–Crippen MR) is 61.6 cm³/mol. The normalized spacial score (nSPS) is 11.2. The van der Waals surface area contributed by atoms with Gasteiger partial charge in [0.1, 0.15) is 11.0 Å². The Kier molecular flexibility index (Phi) is 2.12. The van der Waals surface area contributed by atoms with Crippen LogP contribution in [0.15, 0.2) is 21.7 Å². The number of nitrogens with zero attached hydrogens (tertiary/aromatic N) is 4. The third kappa shape index (κ3) is 1.38. The highest BCUT2D eigenvalue weighted by molar-refractivity contribution is 5.88. The summed E-state index contributed by atoms with van der Waals surface area (Å²) in [5, 5.41) is 24.6. The van der Waals surface area contributed by atoms with E-state index in [0.29, 0.717) is 9.03 Å². The fourth-order valence-electron chi connectivity index (χ4n) is 1.80. The molecule has 2 N–H and O–H groups in total. The number of hydrogen-bond donors (Lipinski definition) is 2. The average Bonchev–Trinajstić information content (AvgIpc) is 3.00. The Morgan fingerprint density at radius 3 is 1.50 bits per heavy atom. The average molecular weight is 276 g/mol. The molecule has 0 aliphatic heterocycles. The van der Waals surface area contributed by atoms with Gasteiger partial charge in [-0.1, -0.05) is 0 Å². The molecule has 0 aliphatic rings. The van der Waals surface area contributed by atoms with E-state index in [1.807, 2.05) is 0 Å². The molecule has 3 aromatic rings. The van der Waals surface area contributed by atoms with Crippen molar-refractivity contribution in [2.75, 3.05) is 0 Å². The topological polar surface area (TPSA) is 143 Å². The van der Waals surface area contributed by atoms with Gasteiger partial charge in [-0.25, -0.2) is 9.59 Å². The first-order chi connectivity index (χ1) is 9.40. The summed E-state index contributed by atoms with van der Waals surface area (Å²) in [6.45, 7) is 0. The first-order valence-electron chi connectivity index (χ1n) is 5.16. The van der Waals surface area contributed by atoms with Crippen molar-refractivity contribution in [1.29, 1.82) is 0 Å². The molecular formula is C10H4N4O6. The summed E-state index contributed by atoms with van der Waals surface area (Å²) in [7, 11) is 0. The summed E-state index contributed by atoms with van der Waals surface area (Å²) < 4.78 is 1.24. The minimum Gasteiger partial charge on any atom is -0.476 e. The van der Waals surface area contributed by atoms with Crippen molar-refractivity contribution in [3.63, 3.8) is 0 Å². The van der Waals surface area contributed by atoms with Gasteiger partial charge < -0.3 is 10.2 Å². The van der Waals surface area contributed by atoms with E-state index in [9.17, 15) is 19.2 Å².